The zero-order valence-electron chi connectivity index (χ0n) is 22.3. The van der Waals surface area contributed by atoms with E-state index in [4.69, 9.17) is 9.84 Å². The van der Waals surface area contributed by atoms with Crippen LogP contribution in [0.1, 0.15) is 101 Å². The molecule has 0 bridgehead atoms. The summed E-state index contributed by atoms with van der Waals surface area (Å²) in [5.74, 6) is -0.398. The van der Waals surface area contributed by atoms with Crippen LogP contribution in [0.3, 0.4) is 0 Å². The predicted molar refractivity (Wildman–Crippen MR) is 140 cm³/mol. The lowest BCUT2D eigenvalue weighted by Gasteiger charge is -2.05. The molecule has 1 N–H and O–H groups in total. The van der Waals surface area contributed by atoms with Gasteiger partial charge in [0.1, 0.15) is 0 Å². The summed E-state index contributed by atoms with van der Waals surface area (Å²) in [6, 6.07) is 0. The second-order valence-corrected chi connectivity index (χ2v) is 8.99. The normalized spacial score (nSPS) is 12.5. The SMILES string of the molecule is CCCCCC(O)/C=C/c1nn(CCCCCCOC(C)=O)c(C)c1C/C=C\CCCC(=O)OC. The Kier molecular flexibility index (Phi) is 16.5. The van der Waals surface area contributed by atoms with Crippen molar-refractivity contribution in [1.29, 1.82) is 0 Å². The van der Waals surface area contributed by atoms with Crippen LogP contribution in [0, 0.1) is 6.92 Å². The Labute approximate surface area is 211 Å². The van der Waals surface area contributed by atoms with Crippen LogP contribution in [0.25, 0.3) is 6.08 Å². The van der Waals surface area contributed by atoms with Crippen molar-refractivity contribution in [2.75, 3.05) is 13.7 Å². The lowest BCUT2D eigenvalue weighted by atomic mass is 10.1. The van der Waals surface area contributed by atoms with Crippen LogP contribution in [0.5, 0.6) is 0 Å². The number of hydrogen-bond donors (Lipinski definition) is 1. The predicted octanol–water partition coefficient (Wildman–Crippen LogP) is 5.71. The van der Waals surface area contributed by atoms with E-state index in [0.29, 0.717) is 13.0 Å². The van der Waals surface area contributed by atoms with Crippen LogP contribution in [0.4, 0.5) is 0 Å². The molecular formula is C28H46N2O5. The first kappa shape index (κ1) is 30.6. The number of aliphatic hydroxyl groups is 1. The first-order valence-corrected chi connectivity index (χ1v) is 13.2. The number of unbranched alkanes of at least 4 members (excludes halogenated alkanes) is 6. The smallest absolute Gasteiger partial charge is 0.305 e. The van der Waals surface area contributed by atoms with Gasteiger partial charge in [0.2, 0.25) is 0 Å². The van der Waals surface area contributed by atoms with Crippen molar-refractivity contribution in [3.05, 3.63) is 35.2 Å². The third kappa shape index (κ3) is 13.9. The monoisotopic (exact) mass is 490 g/mol. The number of esters is 2. The lowest BCUT2D eigenvalue weighted by Crippen LogP contribution is -2.04. The first-order chi connectivity index (χ1) is 16.9. The number of carbonyl (C=O) groups is 2. The molecule has 0 aliphatic rings. The Morgan fingerprint density at radius 1 is 1.09 bits per heavy atom. The third-order valence-electron chi connectivity index (χ3n) is 5.98. The van der Waals surface area contributed by atoms with Crippen molar-refractivity contribution in [3.63, 3.8) is 0 Å². The van der Waals surface area contributed by atoms with Gasteiger partial charge in [-0.3, -0.25) is 14.3 Å². The van der Waals surface area contributed by atoms with Gasteiger partial charge in [0, 0.05) is 31.1 Å². The highest BCUT2D eigenvalue weighted by atomic mass is 16.5. The molecule has 1 unspecified atom stereocenters. The van der Waals surface area contributed by atoms with Crippen molar-refractivity contribution < 1.29 is 24.2 Å². The molecule has 0 aliphatic carbocycles. The maximum Gasteiger partial charge on any atom is 0.305 e. The summed E-state index contributed by atoms with van der Waals surface area (Å²) in [5, 5.41) is 15.2. The fourth-order valence-corrected chi connectivity index (χ4v) is 3.83. The van der Waals surface area contributed by atoms with Gasteiger partial charge in [-0.05, 0) is 57.9 Å². The van der Waals surface area contributed by atoms with E-state index in [1.807, 2.05) is 12.2 Å². The van der Waals surface area contributed by atoms with E-state index in [2.05, 4.69) is 35.4 Å². The number of carbonyl (C=O) groups excluding carboxylic acids is 2. The van der Waals surface area contributed by atoms with Crippen LogP contribution >= 0.6 is 0 Å². The minimum absolute atomic E-state index is 0.174. The Morgan fingerprint density at radius 2 is 1.86 bits per heavy atom. The van der Waals surface area contributed by atoms with Gasteiger partial charge in [-0.15, -0.1) is 0 Å². The van der Waals surface area contributed by atoms with E-state index >= 15 is 0 Å². The number of methoxy groups -OCH3 is 1. The Morgan fingerprint density at radius 3 is 2.57 bits per heavy atom. The van der Waals surface area contributed by atoms with E-state index in [1.165, 1.54) is 19.6 Å². The van der Waals surface area contributed by atoms with Crippen molar-refractivity contribution in [3.8, 4) is 0 Å². The molecule has 35 heavy (non-hydrogen) atoms. The molecule has 1 heterocycles. The fraction of sp³-hybridized carbons (Fsp3) is 0.679. The number of aliphatic hydroxyl groups excluding tert-OH is 1. The van der Waals surface area contributed by atoms with Gasteiger partial charge in [-0.2, -0.15) is 5.10 Å². The van der Waals surface area contributed by atoms with Gasteiger partial charge in [0.05, 0.1) is 25.5 Å². The van der Waals surface area contributed by atoms with E-state index in [9.17, 15) is 14.7 Å². The number of aromatic nitrogens is 2. The molecule has 1 aromatic rings. The molecule has 1 rings (SSSR count). The quantitative estimate of drug-likeness (QED) is 0.152. The topological polar surface area (TPSA) is 90.6 Å². The lowest BCUT2D eigenvalue weighted by molar-refractivity contribution is -0.141. The molecule has 0 saturated heterocycles. The van der Waals surface area contributed by atoms with Crippen molar-refractivity contribution in [2.24, 2.45) is 0 Å². The number of allylic oxidation sites excluding steroid dienone is 2. The van der Waals surface area contributed by atoms with Crippen LogP contribution in [0.2, 0.25) is 0 Å². The molecule has 0 saturated carbocycles. The summed E-state index contributed by atoms with van der Waals surface area (Å²) in [6.07, 6.45) is 18.4. The summed E-state index contributed by atoms with van der Waals surface area (Å²) in [4.78, 5) is 22.1. The second kappa shape index (κ2) is 18.9. The molecule has 0 aromatic carbocycles. The summed E-state index contributed by atoms with van der Waals surface area (Å²) < 4.78 is 11.7. The van der Waals surface area contributed by atoms with E-state index in [-0.39, 0.29) is 11.9 Å². The molecule has 7 nitrogen and oxygen atoms in total. The number of aryl methyl sites for hydroxylation is 1. The van der Waals surface area contributed by atoms with Gasteiger partial charge >= 0.3 is 11.9 Å². The van der Waals surface area contributed by atoms with E-state index < -0.39 is 6.10 Å². The van der Waals surface area contributed by atoms with Gasteiger partial charge in [0.25, 0.3) is 0 Å². The Hall–Kier alpha value is -2.41. The maximum absolute atomic E-state index is 11.2. The van der Waals surface area contributed by atoms with Crippen LogP contribution in [0.15, 0.2) is 18.2 Å². The molecule has 7 heteroatoms. The van der Waals surface area contributed by atoms with E-state index in [1.54, 1.807) is 0 Å². The molecule has 0 amide bonds. The summed E-state index contributed by atoms with van der Waals surface area (Å²) in [6.45, 7) is 7.02. The second-order valence-electron chi connectivity index (χ2n) is 8.99. The number of rotatable bonds is 19. The molecule has 0 aliphatic heterocycles. The number of hydrogen-bond acceptors (Lipinski definition) is 6. The van der Waals surface area contributed by atoms with Crippen LogP contribution in [-0.4, -0.2) is 46.6 Å². The number of ether oxygens (including phenoxy) is 2. The molecule has 198 valence electrons. The van der Waals surface area contributed by atoms with Gasteiger partial charge in [-0.1, -0.05) is 50.8 Å². The van der Waals surface area contributed by atoms with Crippen LogP contribution < -0.4 is 0 Å². The maximum atomic E-state index is 11.2. The van der Waals surface area contributed by atoms with E-state index in [0.717, 1.165) is 88.6 Å². The third-order valence-corrected chi connectivity index (χ3v) is 5.98. The van der Waals surface area contributed by atoms with Gasteiger partial charge < -0.3 is 14.6 Å². The highest BCUT2D eigenvalue weighted by molar-refractivity contribution is 5.69. The Balaban J connectivity index is 2.72. The Bertz CT molecular complexity index is 798. The standard InChI is InChI=1S/C28H46N2O5/c1-5-6-11-16-25(32)19-20-27-26(17-12-7-8-13-18-28(33)34-4)23(2)30(29-27)21-14-9-10-15-22-35-24(3)31/h7,12,19-20,25,32H,5-6,8-11,13-18,21-22H2,1-4H3/b12-7-,20-19+. The summed E-state index contributed by atoms with van der Waals surface area (Å²) in [5.41, 5.74) is 3.22. The van der Waals surface area contributed by atoms with Crippen LogP contribution in [-0.2, 0) is 32.0 Å². The van der Waals surface area contributed by atoms with Crippen molar-refractivity contribution in [1.82, 2.24) is 9.78 Å². The summed E-state index contributed by atoms with van der Waals surface area (Å²) >= 11 is 0. The highest BCUT2D eigenvalue weighted by Crippen LogP contribution is 2.19. The zero-order chi connectivity index (χ0) is 25.9. The minimum Gasteiger partial charge on any atom is -0.469 e. The zero-order valence-corrected chi connectivity index (χ0v) is 22.3. The molecule has 0 fully saturated rings. The molecule has 1 aromatic heterocycles. The number of nitrogens with zero attached hydrogens (tertiary/aromatic N) is 2. The molecular weight excluding hydrogens is 444 g/mol. The first-order valence-electron chi connectivity index (χ1n) is 13.2. The molecule has 1 atom stereocenters. The van der Waals surface area contributed by atoms with Crippen molar-refractivity contribution >= 4 is 18.0 Å². The molecule has 0 radical (unpaired) electrons. The van der Waals surface area contributed by atoms with Crippen molar-refractivity contribution in [2.45, 2.75) is 110 Å². The minimum atomic E-state index is -0.453. The fourth-order valence-electron chi connectivity index (χ4n) is 3.83. The summed E-state index contributed by atoms with van der Waals surface area (Å²) in [7, 11) is 1.41. The van der Waals surface area contributed by atoms with Gasteiger partial charge in [-0.25, -0.2) is 0 Å². The van der Waals surface area contributed by atoms with Gasteiger partial charge in [0.15, 0.2) is 0 Å². The average molecular weight is 491 g/mol. The largest absolute Gasteiger partial charge is 0.469 e. The molecule has 0 spiro atoms. The average Bonchev–Trinajstić information content (AvgIpc) is 3.13. The highest BCUT2D eigenvalue weighted by Gasteiger charge is 2.12.